The molecule has 12 nitrogen and oxygen atoms in total. The number of nitrogens with one attached hydrogen (secondary N) is 3. The third-order valence-electron chi connectivity index (χ3n) is 4.31. The lowest BCUT2D eigenvalue weighted by molar-refractivity contribution is -0.128. The molecule has 0 bridgehead atoms. The van der Waals surface area contributed by atoms with Crippen molar-refractivity contribution in [3.63, 3.8) is 0 Å². The maximum absolute atomic E-state index is 12.4. The van der Waals surface area contributed by atoms with Crippen molar-refractivity contribution in [2.45, 2.75) is 91.3 Å². The van der Waals surface area contributed by atoms with Crippen LogP contribution in [0.25, 0.3) is 0 Å². The summed E-state index contributed by atoms with van der Waals surface area (Å²) in [5.74, 6) is -1.27. The Morgan fingerprint density at radius 2 is 1.57 bits per heavy atom. The molecule has 0 aromatic heterocycles. The molecule has 0 radical (unpaired) electrons. The molecule has 0 saturated heterocycles. The number of nitrogens with two attached hydrogens (primary N) is 2. The SMILES string of the molecule is CC(=O)NC(CCCCNC(=O)CC(C)OCC(C)(C)N)C(=O)NCCOCCOCC(N)=O.CCC. The van der Waals surface area contributed by atoms with Crippen molar-refractivity contribution in [1.29, 1.82) is 0 Å². The Labute approximate surface area is 222 Å². The molecule has 0 spiro atoms. The van der Waals surface area contributed by atoms with Crippen LogP contribution in [0.3, 0.4) is 0 Å². The Morgan fingerprint density at radius 1 is 0.946 bits per heavy atom. The van der Waals surface area contributed by atoms with Crippen LogP contribution >= 0.6 is 0 Å². The molecule has 0 aromatic rings. The molecule has 0 aliphatic rings. The van der Waals surface area contributed by atoms with Gasteiger partial charge in [0.1, 0.15) is 12.6 Å². The van der Waals surface area contributed by atoms with E-state index in [4.69, 9.17) is 25.7 Å². The van der Waals surface area contributed by atoms with Gasteiger partial charge in [0.2, 0.25) is 23.6 Å². The van der Waals surface area contributed by atoms with Crippen LogP contribution in [0, 0.1) is 0 Å². The molecule has 0 saturated carbocycles. The largest absolute Gasteiger partial charge is 0.377 e. The highest BCUT2D eigenvalue weighted by Crippen LogP contribution is 2.05. The molecule has 7 N–H and O–H groups in total. The number of amides is 4. The molecule has 218 valence electrons. The Kier molecular flexibility index (Phi) is 22.8. The van der Waals surface area contributed by atoms with E-state index in [0.717, 1.165) is 0 Å². The molecule has 12 heteroatoms. The van der Waals surface area contributed by atoms with E-state index in [1.165, 1.54) is 13.3 Å². The van der Waals surface area contributed by atoms with E-state index in [0.29, 0.717) is 32.4 Å². The van der Waals surface area contributed by atoms with Gasteiger partial charge in [-0.25, -0.2) is 0 Å². The molecule has 4 amide bonds. The zero-order valence-electron chi connectivity index (χ0n) is 23.7. The van der Waals surface area contributed by atoms with Gasteiger partial charge < -0.3 is 41.6 Å². The Bertz CT molecular complexity index is 641. The predicted molar refractivity (Wildman–Crippen MR) is 143 cm³/mol. The number of primary amides is 1. The average Bonchev–Trinajstić information content (AvgIpc) is 2.78. The normalized spacial score (nSPS) is 12.5. The third-order valence-corrected chi connectivity index (χ3v) is 4.31. The van der Waals surface area contributed by atoms with E-state index < -0.39 is 17.5 Å². The van der Waals surface area contributed by atoms with Gasteiger partial charge in [-0.15, -0.1) is 0 Å². The second-order valence-electron chi connectivity index (χ2n) is 9.54. The monoisotopic (exact) mass is 533 g/mol. The zero-order valence-corrected chi connectivity index (χ0v) is 23.7. The van der Waals surface area contributed by atoms with Crippen LogP contribution in [0.4, 0.5) is 0 Å². The number of carbonyl (C=O) groups excluding carboxylic acids is 4. The molecule has 2 atom stereocenters. The van der Waals surface area contributed by atoms with Crippen LogP contribution in [0.15, 0.2) is 0 Å². The Balaban J connectivity index is 0. The topological polar surface area (TPSA) is 184 Å². The second-order valence-corrected chi connectivity index (χ2v) is 9.54. The van der Waals surface area contributed by atoms with E-state index in [1.807, 2.05) is 20.8 Å². The lowest BCUT2D eigenvalue weighted by Gasteiger charge is -2.21. The van der Waals surface area contributed by atoms with E-state index in [2.05, 4.69) is 29.8 Å². The molecular formula is C25H51N5O7. The first-order valence-electron chi connectivity index (χ1n) is 13.0. The average molecular weight is 534 g/mol. The second kappa shape index (κ2) is 22.9. The van der Waals surface area contributed by atoms with Crippen molar-refractivity contribution in [1.82, 2.24) is 16.0 Å². The van der Waals surface area contributed by atoms with Crippen LogP contribution in [0.5, 0.6) is 0 Å². The minimum absolute atomic E-state index is 0.112. The molecule has 37 heavy (non-hydrogen) atoms. The summed E-state index contributed by atoms with van der Waals surface area (Å²) in [5, 5.41) is 8.19. The van der Waals surface area contributed by atoms with Gasteiger partial charge in [0.25, 0.3) is 0 Å². The standard InChI is InChI=1S/C22H43N5O7.C3H8/c1-16(34-15-22(3,4)24)13-20(30)25-8-6-5-7-18(27-17(2)28)21(31)26-9-10-32-11-12-33-14-19(23)29;1-3-2/h16,18H,5-15,24H2,1-4H3,(H2,23,29)(H,25,30)(H,26,31)(H,27,28);3H2,1-2H3. The van der Waals surface area contributed by atoms with Crippen molar-refractivity contribution in [2.75, 3.05) is 46.1 Å². The van der Waals surface area contributed by atoms with Crippen molar-refractivity contribution in [2.24, 2.45) is 11.5 Å². The number of rotatable bonds is 20. The fraction of sp³-hybridized carbons (Fsp3) is 0.840. The van der Waals surface area contributed by atoms with E-state index >= 15 is 0 Å². The fourth-order valence-corrected chi connectivity index (χ4v) is 2.73. The highest BCUT2D eigenvalue weighted by Gasteiger charge is 2.19. The number of carbonyl (C=O) groups is 4. The lowest BCUT2D eigenvalue weighted by atomic mass is 10.1. The summed E-state index contributed by atoms with van der Waals surface area (Å²) < 4.78 is 15.8. The minimum atomic E-state index is -0.667. The van der Waals surface area contributed by atoms with Gasteiger partial charge in [0.05, 0.1) is 39.0 Å². The summed E-state index contributed by atoms with van der Waals surface area (Å²) in [7, 11) is 0. The van der Waals surface area contributed by atoms with Crippen LogP contribution in [0.1, 0.15) is 73.6 Å². The fourth-order valence-electron chi connectivity index (χ4n) is 2.73. The molecule has 0 heterocycles. The van der Waals surface area contributed by atoms with Gasteiger partial charge in [-0.1, -0.05) is 20.3 Å². The van der Waals surface area contributed by atoms with Crippen molar-refractivity contribution in [3.8, 4) is 0 Å². The van der Waals surface area contributed by atoms with Gasteiger partial charge in [0.15, 0.2) is 0 Å². The first-order chi connectivity index (χ1) is 17.3. The maximum atomic E-state index is 12.4. The van der Waals surface area contributed by atoms with Crippen LogP contribution in [0.2, 0.25) is 0 Å². The minimum Gasteiger partial charge on any atom is -0.377 e. The number of hydrogen-bond donors (Lipinski definition) is 5. The highest BCUT2D eigenvalue weighted by molar-refractivity contribution is 5.86. The summed E-state index contributed by atoms with van der Waals surface area (Å²) in [4.78, 5) is 46.3. The maximum Gasteiger partial charge on any atom is 0.243 e. The molecule has 2 unspecified atom stereocenters. The smallest absolute Gasteiger partial charge is 0.243 e. The first-order valence-corrected chi connectivity index (χ1v) is 13.0. The molecule has 0 aliphatic heterocycles. The summed E-state index contributed by atoms with van der Waals surface area (Å²) in [5.41, 5.74) is 10.4. The Hall–Kier alpha value is -2.28. The quantitative estimate of drug-likeness (QED) is 0.139. The van der Waals surface area contributed by atoms with E-state index in [1.54, 1.807) is 0 Å². The highest BCUT2D eigenvalue weighted by atomic mass is 16.5. The van der Waals surface area contributed by atoms with Gasteiger partial charge in [-0.2, -0.15) is 0 Å². The van der Waals surface area contributed by atoms with Crippen molar-refractivity contribution in [3.05, 3.63) is 0 Å². The first kappa shape index (κ1) is 36.9. The number of ether oxygens (including phenoxy) is 3. The van der Waals surface area contributed by atoms with Gasteiger partial charge >= 0.3 is 0 Å². The van der Waals surface area contributed by atoms with Crippen molar-refractivity contribution < 1.29 is 33.4 Å². The molecule has 0 aliphatic carbocycles. The molecule has 0 aromatic carbocycles. The number of hydrogen-bond acceptors (Lipinski definition) is 8. The summed E-state index contributed by atoms with van der Waals surface area (Å²) in [6.45, 7) is 12.8. The predicted octanol–water partition coefficient (Wildman–Crippen LogP) is 0.361. The molecular weight excluding hydrogens is 482 g/mol. The zero-order chi connectivity index (χ0) is 28.7. The van der Waals surface area contributed by atoms with Crippen LogP contribution in [-0.2, 0) is 33.4 Å². The molecule has 0 rings (SSSR count). The van der Waals surface area contributed by atoms with Crippen molar-refractivity contribution >= 4 is 23.6 Å². The summed E-state index contributed by atoms with van der Waals surface area (Å²) in [6.07, 6.45) is 3.00. The van der Waals surface area contributed by atoms with Gasteiger partial charge in [-0.3, -0.25) is 19.2 Å². The third kappa shape index (κ3) is 28.1. The Morgan fingerprint density at radius 3 is 2.14 bits per heavy atom. The van der Waals surface area contributed by atoms with Crippen LogP contribution in [-0.4, -0.2) is 87.4 Å². The van der Waals surface area contributed by atoms with Crippen LogP contribution < -0.4 is 27.4 Å². The van der Waals surface area contributed by atoms with Gasteiger partial charge in [-0.05, 0) is 40.0 Å². The molecule has 0 fully saturated rings. The number of unbranched alkanes of at least 4 members (excludes halogenated alkanes) is 1. The van der Waals surface area contributed by atoms with Gasteiger partial charge in [0, 0.05) is 25.6 Å². The lowest BCUT2D eigenvalue weighted by Crippen LogP contribution is -2.46. The summed E-state index contributed by atoms with van der Waals surface area (Å²) in [6, 6.07) is -0.667. The van der Waals surface area contributed by atoms with E-state index in [9.17, 15) is 19.2 Å². The summed E-state index contributed by atoms with van der Waals surface area (Å²) >= 11 is 0. The van der Waals surface area contributed by atoms with E-state index in [-0.39, 0.29) is 63.2 Å².